The summed E-state index contributed by atoms with van der Waals surface area (Å²) in [5.74, 6) is 0. The van der Waals surface area contributed by atoms with Gasteiger partial charge in [0.25, 0.3) is 5.69 Å². The molecular weight excluding hydrogens is 182 g/mol. The Hall–Kier alpha value is -1.71. The zero-order valence-electron chi connectivity index (χ0n) is 8.64. The van der Waals surface area contributed by atoms with Crippen LogP contribution in [0, 0.1) is 10.1 Å². The fraction of sp³-hybridized carbons (Fsp3) is 0.300. The van der Waals surface area contributed by atoms with Crippen LogP contribution in [0.2, 0.25) is 0 Å². The predicted octanol–water partition coefficient (Wildman–Crippen LogP) is 2.83. The molecule has 4 heteroatoms. The van der Waals surface area contributed by atoms with Crippen LogP contribution in [0.5, 0.6) is 0 Å². The molecule has 0 N–H and O–H groups in total. The number of nitrogens with zero attached hydrogens (tertiary/aromatic N) is 1. The lowest BCUT2D eigenvalue weighted by Gasteiger charge is -1.85. The van der Waals surface area contributed by atoms with Crippen molar-refractivity contribution < 1.29 is 9.72 Å². The van der Waals surface area contributed by atoms with Gasteiger partial charge in [0.15, 0.2) is 0 Å². The van der Waals surface area contributed by atoms with Crippen LogP contribution >= 0.6 is 0 Å². The first kappa shape index (κ1) is 14.8. The Bertz CT molecular complexity index is 247. The predicted molar refractivity (Wildman–Crippen MR) is 56.2 cm³/mol. The van der Waals surface area contributed by atoms with Gasteiger partial charge in [0, 0.05) is 12.1 Å². The summed E-state index contributed by atoms with van der Waals surface area (Å²) in [4.78, 5) is 18.4. The normalized spacial score (nSPS) is 7.07. The minimum Gasteiger partial charge on any atom is -0.304 e. The van der Waals surface area contributed by atoms with Crippen LogP contribution in [0.4, 0.5) is 5.69 Å². The molecule has 0 heterocycles. The zero-order chi connectivity index (χ0) is 11.4. The number of rotatable bonds is 1. The number of carbonyl (C=O) groups excluding carboxylic acids is 1. The van der Waals surface area contributed by atoms with Crippen LogP contribution in [-0.4, -0.2) is 11.2 Å². The third kappa shape index (κ3) is 8.39. The van der Waals surface area contributed by atoms with E-state index >= 15 is 0 Å². The Morgan fingerprint density at radius 3 is 1.79 bits per heavy atom. The van der Waals surface area contributed by atoms with Crippen molar-refractivity contribution >= 4 is 12.0 Å². The van der Waals surface area contributed by atoms with Crippen LogP contribution in [-0.2, 0) is 4.79 Å². The number of para-hydroxylation sites is 1. The molecular formula is C10H15NO3. The van der Waals surface area contributed by atoms with E-state index in [1.165, 1.54) is 19.1 Å². The lowest BCUT2D eigenvalue weighted by molar-refractivity contribution is -0.384. The quantitative estimate of drug-likeness (QED) is 0.395. The van der Waals surface area contributed by atoms with Crippen LogP contribution in [0.1, 0.15) is 20.8 Å². The summed E-state index contributed by atoms with van der Waals surface area (Å²) < 4.78 is 0. The topological polar surface area (TPSA) is 60.2 Å². The van der Waals surface area contributed by atoms with Crippen LogP contribution < -0.4 is 0 Å². The second kappa shape index (κ2) is 11.3. The van der Waals surface area contributed by atoms with Gasteiger partial charge in [0.1, 0.15) is 6.29 Å². The second-order valence-corrected chi connectivity index (χ2v) is 1.83. The van der Waals surface area contributed by atoms with Crippen molar-refractivity contribution in [2.45, 2.75) is 20.8 Å². The number of carbonyl (C=O) groups is 1. The minimum atomic E-state index is -0.417. The number of aldehydes is 1. The molecule has 0 unspecified atom stereocenters. The molecule has 14 heavy (non-hydrogen) atoms. The Kier molecular flexibility index (Phi) is 11.9. The number of nitro groups is 1. The monoisotopic (exact) mass is 197 g/mol. The SMILES string of the molecule is CC.CC=O.O=[N+]([O-])c1ccccc1. The summed E-state index contributed by atoms with van der Waals surface area (Å²) in [6.45, 7) is 5.44. The number of benzene rings is 1. The van der Waals surface area contributed by atoms with Gasteiger partial charge < -0.3 is 4.79 Å². The van der Waals surface area contributed by atoms with E-state index in [-0.39, 0.29) is 5.69 Å². The maximum absolute atomic E-state index is 10.0. The molecule has 0 aliphatic heterocycles. The van der Waals surface area contributed by atoms with Gasteiger partial charge >= 0.3 is 0 Å². The van der Waals surface area contributed by atoms with Gasteiger partial charge in [0.2, 0.25) is 0 Å². The van der Waals surface area contributed by atoms with Gasteiger partial charge in [-0.1, -0.05) is 32.0 Å². The second-order valence-electron chi connectivity index (χ2n) is 1.83. The number of hydrogen-bond acceptors (Lipinski definition) is 3. The van der Waals surface area contributed by atoms with Crippen molar-refractivity contribution in [3.8, 4) is 0 Å². The average molecular weight is 197 g/mol. The fourth-order valence-corrected chi connectivity index (χ4v) is 0.550. The molecule has 0 spiro atoms. The first-order chi connectivity index (χ1) is 6.72. The highest BCUT2D eigenvalue weighted by Gasteiger charge is 1.98. The van der Waals surface area contributed by atoms with E-state index in [2.05, 4.69) is 0 Å². The molecule has 0 aliphatic rings. The number of non-ortho nitro benzene ring substituents is 1. The summed E-state index contributed by atoms with van der Waals surface area (Å²) in [5.41, 5.74) is 0.137. The summed E-state index contributed by atoms with van der Waals surface area (Å²) >= 11 is 0. The fourth-order valence-electron chi connectivity index (χ4n) is 0.550. The van der Waals surface area contributed by atoms with E-state index < -0.39 is 4.92 Å². The minimum absolute atomic E-state index is 0.137. The molecule has 0 radical (unpaired) electrons. The highest BCUT2D eigenvalue weighted by atomic mass is 16.6. The van der Waals surface area contributed by atoms with Gasteiger partial charge in [-0.25, -0.2) is 0 Å². The summed E-state index contributed by atoms with van der Waals surface area (Å²) in [6.07, 6.45) is 0.750. The maximum Gasteiger partial charge on any atom is 0.269 e. The third-order valence-corrected chi connectivity index (χ3v) is 0.967. The van der Waals surface area contributed by atoms with E-state index in [0.717, 1.165) is 6.29 Å². The van der Waals surface area contributed by atoms with Gasteiger partial charge in [-0.15, -0.1) is 0 Å². The molecule has 0 amide bonds. The van der Waals surface area contributed by atoms with Crippen molar-refractivity contribution in [3.63, 3.8) is 0 Å². The molecule has 0 bridgehead atoms. The molecule has 4 nitrogen and oxygen atoms in total. The molecule has 0 saturated carbocycles. The molecule has 78 valence electrons. The van der Waals surface area contributed by atoms with Gasteiger partial charge in [0.05, 0.1) is 4.92 Å². The Morgan fingerprint density at radius 1 is 1.21 bits per heavy atom. The van der Waals surface area contributed by atoms with E-state index in [9.17, 15) is 10.1 Å². The zero-order valence-corrected chi connectivity index (χ0v) is 8.64. The molecule has 0 atom stereocenters. The molecule has 1 aromatic rings. The molecule has 0 aliphatic carbocycles. The van der Waals surface area contributed by atoms with Gasteiger partial charge in [-0.05, 0) is 6.92 Å². The van der Waals surface area contributed by atoms with E-state index in [1.54, 1.807) is 18.2 Å². The number of hydrogen-bond donors (Lipinski definition) is 0. The standard InChI is InChI=1S/C6H5NO2.C2H4O.C2H6/c8-7(9)6-4-2-1-3-5-6;1-2-3;1-2/h1-5H;2H,1H3;1-2H3. The van der Waals surface area contributed by atoms with Crippen molar-refractivity contribution in [2.24, 2.45) is 0 Å². The summed E-state index contributed by atoms with van der Waals surface area (Å²) in [5, 5.41) is 10.0. The van der Waals surface area contributed by atoms with Crippen molar-refractivity contribution in [3.05, 3.63) is 40.4 Å². The van der Waals surface area contributed by atoms with Gasteiger partial charge in [-0.3, -0.25) is 10.1 Å². The lowest BCUT2D eigenvalue weighted by atomic mass is 10.3. The molecule has 1 aromatic carbocycles. The molecule has 0 saturated heterocycles. The molecule has 0 aromatic heterocycles. The van der Waals surface area contributed by atoms with E-state index in [0.29, 0.717) is 0 Å². The first-order valence-corrected chi connectivity index (χ1v) is 4.31. The Morgan fingerprint density at radius 2 is 1.57 bits per heavy atom. The first-order valence-electron chi connectivity index (χ1n) is 4.31. The largest absolute Gasteiger partial charge is 0.304 e. The number of nitro benzene ring substituents is 1. The maximum atomic E-state index is 10.0. The molecule has 1 rings (SSSR count). The Labute approximate surface area is 83.7 Å². The van der Waals surface area contributed by atoms with E-state index in [4.69, 9.17) is 4.79 Å². The lowest BCUT2D eigenvalue weighted by Crippen LogP contribution is -1.84. The highest BCUT2D eigenvalue weighted by Crippen LogP contribution is 2.06. The summed E-state index contributed by atoms with van der Waals surface area (Å²) in [7, 11) is 0. The average Bonchev–Trinajstić information content (AvgIpc) is 2.23. The van der Waals surface area contributed by atoms with Crippen LogP contribution in [0.25, 0.3) is 0 Å². The van der Waals surface area contributed by atoms with Crippen molar-refractivity contribution in [2.75, 3.05) is 0 Å². The van der Waals surface area contributed by atoms with E-state index in [1.807, 2.05) is 13.8 Å². The van der Waals surface area contributed by atoms with Crippen LogP contribution in [0.3, 0.4) is 0 Å². The van der Waals surface area contributed by atoms with Gasteiger partial charge in [-0.2, -0.15) is 0 Å². The highest BCUT2D eigenvalue weighted by molar-refractivity contribution is 5.44. The van der Waals surface area contributed by atoms with Crippen molar-refractivity contribution in [1.82, 2.24) is 0 Å². The molecule has 0 fully saturated rings. The van der Waals surface area contributed by atoms with Crippen LogP contribution in [0.15, 0.2) is 30.3 Å². The Balaban J connectivity index is 0. The van der Waals surface area contributed by atoms with Crippen molar-refractivity contribution in [1.29, 1.82) is 0 Å². The smallest absolute Gasteiger partial charge is 0.269 e. The third-order valence-electron chi connectivity index (χ3n) is 0.967. The summed E-state index contributed by atoms with van der Waals surface area (Å²) in [6, 6.07) is 7.93.